The molecule has 1 aliphatic rings. The fourth-order valence-electron chi connectivity index (χ4n) is 3.32. The maximum atomic E-state index is 12.4. The number of aryl methyl sites for hydroxylation is 3. The minimum atomic E-state index is 0.0185. The zero-order valence-corrected chi connectivity index (χ0v) is 15.5. The minimum absolute atomic E-state index is 0.0185. The van der Waals surface area contributed by atoms with Gasteiger partial charge in [-0.15, -0.1) is 0 Å². The first-order valence-electron chi connectivity index (χ1n) is 8.71. The zero-order valence-electron chi connectivity index (χ0n) is 15.5. The first-order valence-corrected chi connectivity index (χ1v) is 8.71. The van der Waals surface area contributed by atoms with Gasteiger partial charge in [-0.1, -0.05) is 0 Å². The van der Waals surface area contributed by atoms with E-state index in [9.17, 15) is 4.79 Å². The van der Waals surface area contributed by atoms with Crippen molar-refractivity contribution in [2.45, 2.75) is 20.3 Å². The van der Waals surface area contributed by atoms with E-state index in [0.29, 0.717) is 6.54 Å². The second kappa shape index (κ2) is 7.16. The van der Waals surface area contributed by atoms with Crippen molar-refractivity contribution in [1.29, 1.82) is 0 Å². The number of carbonyl (C=O) groups is 1. The molecule has 25 heavy (non-hydrogen) atoms. The molecule has 8 nitrogen and oxygen atoms in total. The smallest absolute Gasteiger partial charge is 0.317 e. The molecule has 8 heteroatoms. The fourth-order valence-corrected chi connectivity index (χ4v) is 3.32. The van der Waals surface area contributed by atoms with Gasteiger partial charge in [0.1, 0.15) is 0 Å². The molecule has 0 bridgehead atoms. The average Bonchev–Trinajstić information content (AvgIpc) is 3.13. The Morgan fingerprint density at radius 3 is 2.48 bits per heavy atom. The highest BCUT2D eigenvalue weighted by atomic mass is 16.2. The third-order valence-electron chi connectivity index (χ3n) is 4.93. The van der Waals surface area contributed by atoms with E-state index in [1.165, 1.54) is 5.56 Å². The van der Waals surface area contributed by atoms with Gasteiger partial charge in [-0.3, -0.25) is 9.36 Å². The molecule has 0 atom stereocenters. The number of aromatic nitrogens is 4. The molecule has 0 aromatic carbocycles. The summed E-state index contributed by atoms with van der Waals surface area (Å²) in [6.45, 7) is 7.84. The normalized spacial score (nSPS) is 14.9. The van der Waals surface area contributed by atoms with Gasteiger partial charge >= 0.3 is 6.03 Å². The molecular formula is C17H27N7O. The number of anilines is 1. The van der Waals surface area contributed by atoms with Crippen molar-refractivity contribution in [2.75, 3.05) is 37.6 Å². The molecule has 2 aromatic heterocycles. The summed E-state index contributed by atoms with van der Waals surface area (Å²) in [6, 6.07) is 0.0185. The van der Waals surface area contributed by atoms with Gasteiger partial charge in [0.05, 0.1) is 17.6 Å². The lowest BCUT2D eigenvalue weighted by molar-refractivity contribution is 0.194. The molecule has 1 saturated heterocycles. The molecule has 0 unspecified atom stereocenters. The lowest BCUT2D eigenvalue weighted by atomic mass is 10.1. The van der Waals surface area contributed by atoms with E-state index in [2.05, 4.69) is 27.3 Å². The molecule has 1 aliphatic heterocycles. The second-order valence-electron chi connectivity index (χ2n) is 6.60. The van der Waals surface area contributed by atoms with Gasteiger partial charge in [0.15, 0.2) is 0 Å². The summed E-state index contributed by atoms with van der Waals surface area (Å²) in [7, 11) is 3.87. The molecule has 136 valence electrons. The van der Waals surface area contributed by atoms with Crippen LogP contribution in [0.4, 0.5) is 10.5 Å². The van der Waals surface area contributed by atoms with E-state index in [1.54, 1.807) is 4.68 Å². The largest absolute Gasteiger partial charge is 0.365 e. The van der Waals surface area contributed by atoms with Gasteiger partial charge < -0.3 is 15.1 Å². The summed E-state index contributed by atoms with van der Waals surface area (Å²) < 4.78 is 3.70. The van der Waals surface area contributed by atoms with Crippen molar-refractivity contribution < 1.29 is 4.79 Å². The van der Waals surface area contributed by atoms with Crippen molar-refractivity contribution in [2.24, 2.45) is 14.1 Å². The van der Waals surface area contributed by atoms with E-state index >= 15 is 0 Å². The van der Waals surface area contributed by atoms with Gasteiger partial charge in [-0.25, -0.2) is 4.79 Å². The first-order chi connectivity index (χ1) is 12.0. The molecule has 1 fully saturated rings. The summed E-state index contributed by atoms with van der Waals surface area (Å²) in [4.78, 5) is 16.5. The topological polar surface area (TPSA) is 71.2 Å². The number of rotatable bonds is 4. The molecule has 3 heterocycles. The maximum Gasteiger partial charge on any atom is 0.317 e. The Morgan fingerprint density at radius 2 is 1.92 bits per heavy atom. The van der Waals surface area contributed by atoms with Crippen molar-refractivity contribution in [3.63, 3.8) is 0 Å². The number of hydrogen-bond acceptors (Lipinski definition) is 4. The van der Waals surface area contributed by atoms with E-state index in [4.69, 9.17) is 0 Å². The SMILES string of the molecule is Cc1nn(C)c(C)c1CCNC(=O)N1CCN(c2cnn(C)c2)CC1. The number of amides is 2. The number of nitrogens with zero attached hydrogens (tertiary/aromatic N) is 6. The van der Waals surface area contributed by atoms with Crippen LogP contribution in [-0.2, 0) is 20.5 Å². The molecule has 0 radical (unpaired) electrons. The number of carbonyl (C=O) groups excluding carboxylic acids is 1. The summed E-state index contributed by atoms with van der Waals surface area (Å²) in [5, 5.41) is 11.7. The Kier molecular flexibility index (Phi) is 4.96. The van der Waals surface area contributed by atoms with E-state index in [-0.39, 0.29) is 6.03 Å². The molecule has 3 rings (SSSR count). The molecule has 0 aliphatic carbocycles. The lowest BCUT2D eigenvalue weighted by Crippen LogP contribution is -2.52. The Morgan fingerprint density at radius 1 is 1.20 bits per heavy atom. The Labute approximate surface area is 148 Å². The van der Waals surface area contributed by atoms with E-state index in [1.807, 2.05) is 43.0 Å². The predicted octanol–water partition coefficient (Wildman–Crippen LogP) is 0.845. The van der Waals surface area contributed by atoms with Crippen LogP contribution in [-0.4, -0.2) is 63.2 Å². The van der Waals surface area contributed by atoms with Crippen LogP contribution in [0.2, 0.25) is 0 Å². The molecule has 0 saturated carbocycles. The standard InChI is InChI=1S/C17H27N7O/c1-13-16(14(2)22(4)20-13)5-6-18-17(25)24-9-7-23(8-10-24)15-11-19-21(3)12-15/h11-12H,5-10H2,1-4H3,(H,18,25). The third kappa shape index (κ3) is 3.78. The minimum Gasteiger partial charge on any atom is -0.365 e. The van der Waals surface area contributed by atoms with Crippen LogP contribution < -0.4 is 10.2 Å². The highest BCUT2D eigenvalue weighted by Gasteiger charge is 2.21. The summed E-state index contributed by atoms with van der Waals surface area (Å²) in [5.41, 5.74) is 4.55. The van der Waals surface area contributed by atoms with Crippen LogP contribution in [0.15, 0.2) is 12.4 Å². The van der Waals surface area contributed by atoms with E-state index in [0.717, 1.165) is 49.7 Å². The van der Waals surface area contributed by atoms with Crippen LogP contribution >= 0.6 is 0 Å². The van der Waals surface area contributed by atoms with E-state index < -0.39 is 0 Å². The molecular weight excluding hydrogens is 318 g/mol. The van der Waals surface area contributed by atoms with Gasteiger partial charge in [0.2, 0.25) is 0 Å². The fraction of sp³-hybridized carbons (Fsp3) is 0.588. The zero-order chi connectivity index (χ0) is 18.0. The van der Waals surface area contributed by atoms with Crippen LogP contribution in [0.25, 0.3) is 0 Å². The quantitative estimate of drug-likeness (QED) is 0.892. The Hall–Kier alpha value is -2.51. The lowest BCUT2D eigenvalue weighted by Gasteiger charge is -2.35. The maximum absolute atomic E-state index is 12.4. The summed E-state index contributed by atoms with van der Waals surface area (Å²) >= 11 is 0. The van der Waals surface area contributed by atoms with Crippen molar-refractivity contribution in [3.05, 3.63) is 29.3 Å². The Bertz CT molecular complexity index is 740. The van der Waals surface area contributed by atoms with Gasteiger partial charge in [0, 0.05) is 58.7 Å². The highest BCUT2D eigenvalue weighted by molar-refractivity contribution is 5.74. The monoisotopic (exact) mass is 345 g/mol. The number of piperazine rings is 1. The number of nitrogens with one attached hydrogen (secondary N) is 1. The van der Waals surface area contributed by atoms with Crippen molar-refractivity contribution in [1.82, 2.24) is 29.8 Å². The van der Waals surface area contributed by atoms with Crippen LogP contribution in [0, 0.1) is 13.8 Å². The summed E-state index contributed by atoms with van der Waals surface area (Å²) in [5.74, 6) is 0. The molecule has 2 aromatic rings. The van der Waals surface area contributed by atoms with Gasteiger partial charge in [-0.2, -0.15) is 10.2 Å². The van der Waals surface area contributed by atoms with Crippen molar-refractivity contribution >= 4 is 11.7 Å². The third-order valence-corrected chi connectivity index (χ3v) is 4.93. The summed E-state index contributed by atoms with van der Waals surface area (Å²) in [6.07, 6.45) is 4.69. The van der Waals surface area contributed by atoms with Crippen LogP contribution in [0.3, 0.4) is 0 Å². The first kappa shape index (κ1) is 17.3. The highest BCUT2D eigenvalue weighted by Crippen LogP contribution is 2.15. The van der Waals surface area contributed by atoms with Gasteiger partial charge in [-0.05, 0) is 25.8 Å². The predicted molar refractivity (Wildman–Crippen MR) is 96.8 cm³/mol. The number of urea groups is 1. The second-order valence-corrected chi connectivity index (χ2v) is 6.60. The van der Waals surface area contributed by atoms with Crippen LogP contribution in [0.1, 0.15) is 17.0 Å². The average molecular weight is 345 g/mol. The van der Waals surface area contributed by atoms with Crippen LogP contribution in [0.5, 0.6) is 0 Å². The van der Waals surface area contributed by atoms with Crippen molar-refractivity contribution in [3.8, 4) is 0 Å². The Balaban J connectivity index is 1.45. The molecule has 0 spiro atoms. The number of hydrogen-bond donors (Lipinski definition) is 1. The molecule has 2 amide bonds. The van der Waals surface area contributed by atoms with Gasteiger partial charge in [0.25, 0.3) is 0 Å². The molecule has 1 N–H and O–H groups in total.